The van der Waals surface area contributed by atoms with E-state index in [2.05, 4.69) is 48.0 Å². The van der Waals surface area contributed by atoms with E-state index < -0.39 is 0 Å². The molecule has 2 aliphatic rings. The minimum Gasteiger partial charge on any atom is -0.496 e. The number of methoxy groups -OCH3 is 2. The van der Waals surface area contributed by atoms with E-state index in [0.717, 1.165) is 23.6 Å². The Morgan fingerprint density at radius 1 is 1.00 bits per heavy atom. The van der Waals surface area contributed by atoms with E-state index in [9.17, 15) is 0 Å². The number of nitrogens with one attached hydrogen (secondary N) is 1. The molecule has 0 fully saturated rings. The molecule has 1 heterocycles. The molecule has 1 aliphatic heterocycles. The van der Waals surface area contributed by atoms with Crippen LogP contribution in [0.3, 0.4) is 0 Å². The zero-order chi connectivity index (χ0) is 17.4. The van der Waals surface area contributed by atoms with Gasteiger partial charge in [0.05, 0.1) is 25.9 Å². The number of allylic oxidation sites excluding steroid dienone is 2. The standard InChI is InChI=1S/C21H23NO2S/c1-23-17-11-12-18(24-2)21-19(17)15-5-4-6-16(15)20(22-21)13-7-9-14(25-3)10-8-13/h4-5,7-12,15-16,20,22H,6H2,1-3H3. The largest absolute Gasteiger partial charge is 0.496 e. The van der Waals surface area contributed by atoms with Crippen LogP contribution in [0.4, 0.5) is 5.69 Å². The lowest BCUT2D eigenvalue weighted by Crippen LogP contribution is -2.29. The van der Waals surface area contributed by atoms with Crippen molar-refractivity contribution in [1.29, 1.82) is 0 Å². The summed E-state index contributed by atoms with van der Waals surface area (Å²) in [5.41, 5.74) is 3.61. The predicted octanol–water partition coefficient (Wildman–Crippen LogP) is 5.25. The zero-order valence-electron chi connectivity index (χ0n) is 14.8. The van der Waals surface area contributed by atoms with Gasteiger partial charge in [-0.3, -0.25) is 0 Å². The molecule has 130 valence electrons. The van der Waals surface area contributed by atoms with E-state index in [0.29, 0.717) is 11.8 Å². The monoisotopic (exact) mass is 353 g/mol. The van der Waals surface area contributed by atoms with Gasteiger partial charge in [-0.2, -0.15) is 0 Å². The molecule has 4 heteroatoms. The number of ether oxygens (including phenoxy) is 2. The number of fused-ring (bicyclic) bond motifs is 3. The fourth-order valence-electron chi connectivity index (χ4n) is 4.14. The molecule has 0 bridgehead atoms. The summed E-state index contributed by atoms with van der Waals surface area (Å²) >= 11 is 1.77. The summed E-state index contributed by atoms with van der Waals surface area (Å²) in [7, 11) is 3.46. The predicted molar refractivity (Wildman–Crippen MR) is 104 cm³/mol. The average molecular weight is 353 g/mol. The van der Waals surface area contributed by atoms with Gasteiger partial charge in [0, 0.05) is 16.4 Å². The third-order valence-electron chi connectivity index (χ3n) is 5.36. The molecule has 0 aromatic heterocycles. The lowest BCUT2D eigenvalue weighted by Gasteiger charge is -2.38. The Kier molecular flexibility index (Phi) is 4.38. The molecule has 3 unspecified atom stereocenters. The van der Waals surface area contributed by atoms with Crippen molar-refractivity contribution in [3.05, 3.63) is 59.7 Å². The smallest absolute Gasteiger partial charge is 0.142 e. The molecule has 1 aliphatic carbocycles. The first-order chi connectivity index (χ1) is 12.3. The molecule has 0 saturated heterocycles. The van der Waals surface area contributed by atoms with Gasteiger partial charge in [-0.05, 0) is 48.4 Å². The molecule has 2 aromatic carbocycles. The topological polar surface area (TPSA) is 30.5 Å². The van der Waals surface area contributed by atoms with E-state index in [1.54, 1.807) is 26.0 Å². The highest BCUT2D eigenvalue weighted by Crippen LogP contribution is 2.55. The van der Waals surface area contributed by atoms with E-state index in [1.165, 1.54) is 16.0 Å². The molecule has 25 heavy (non-hydrogen) atoms. The van der Waals surface area contributed by atoms with Crippen molar-refractivity contribution in [3.63, 3.8) is 0 Å². The molecule has 3 atom stereocenters. The van der Waals surface area contributed by atoms with Crippen LogP contribution < -0.4 is 14.8 Å². The number of anilines is 1. The maximum absolute atomic E-state index is 5.66. The summed E-state index contributed by atoms with van der Waals surface area (Å²) in [5.74, 6) is 2.65. The van der Waals surface area contributed by atoms with Crippen molar-refractivity contribution in [1.82, 2.24) is 0 Å². The third-order valence-corrected chi connectivity index (χ3v) is 6.10. The minimum absolute atomic E-state index is 0.268. The van der Waals surface area contributed by atoms with Gasteiger partial charge in [-0.25, -0.2) is 0 Å². The molecule has 0 saturated carbocycles. The van der Waals surface area contributed by atoms with E-state index >= 15 is 0 Å². The number of benzene rings is 2. The Morgan fingerprint density at radius 2 is 1.72 bits per heavy atom. The first-order valence-electron chi connectivity index (χ1n) is 8.59. The quantitative estimate of drug-likeness (QED) is 0.600. The van der Waals surface area contributed by atoms with Gasteiger partial charge in [0.25, 0.3) is 0 Å². The maximum Gasteiger partial charge on any atom is 0.142 e. The summed E-state index contributed by atoms with van der Waals surface area (Å²) in [6, 6.07) is 13.2. The lowest BCUT2D eigenvalue weighted by atomic mass is 9.76. The average Bonchev–Trinajstić information content (AvgIpc) is 3.16. The molecule has 2 aromatic rings. The fourth-order valence-corrected chi connectivity index (χ4v) is 4.55. The minimum atomic E-state index is 0.268. The highest BCUT2D eigenvalue weighted by atomic mass is 32.2. The highest BCUT2D eigenvalue weighted by molar-refractivity contribution is 7.98. The van der Waals surface area contributed by atoms with Crippen LogP contribution in [-0.2, 0) is 0 Å². The molecular formula is C21H23NO2S. The van der Waals surface area contributed by atoms with Crippen molar-refractivity contribution in [2.75, 3.05) is 25.8 Å². The van der Waals surface area contributed by atoms with Crippen LogP contribution in [-0.4, -0.2) is 20.5 Å². The first-order valence-corrected chi connectivity index (χ1v) is 9.81. The number of hydrogen-bond donors (Lipinski definition) is 1. The summed E-state index contributed by atoms with van der Waals surface area (Å²) in [4.78, 5) is 1.29. The van der Waals surface area contributed by atoms with Crippen LogP contribution in [0.2, 0.25) is 0 Å². The number of thioether (sulfide) groups is 1. The second kappa shape index (κ2) is 6.68. The maximum atomic E-state index is 5.66. The zero-order valence-corrected chi connectivity index (χ0v) is 15.6. The molecule has 0 radical (unpaired) electrons. The highest BCUT2D eigenvalue weighted by Gasteiger charge is 2.40. The van der Waals surface area contributed by atoms with Gasteiger partial charge < -0.3 is 14.8 Å². The summed E-state index contributed by atoms with van der Waals surface area (Å²) in [6.07, 6.45) is 7.81. The Bertz CT molecular complexity index is 800. The number of hydrogen-bond acceptors (Lipinski definition) is 4. The van der Waals surface area contributed by atoms with Gasteiger partial charge >= 0.3 is 0 Å². The molecule has 0 amide bonds. The molecule has 4 rings (SSSR count). The van der Waals surface area contributed by atoms with Crippen LogP contribution in [0, 0.1) is 5.92 Å². The van der Waals surface area contributed by atoms with E-state index in [4.69, 9.17) is 9.47 Å². The molecule has 3 nitrogen and oxygen atoms in total. The second-order valence-electron chi connectivity index (χ2n) is 6.51. The Labute approximate surface area is 153 Å². The van der Waals surface area contributed by atoms with Crippen molar-refractivity contribution < 1.29 is 9.47 Å². The van der Waals surface area contributed by atoms with E-state index in [-0.39, 0.29) is 6.04 Å². The van der Waals surface area contributed by atoms with Crippen molar-refractivity contribution in [3.8, 4) is 11.5 Å². The van der Waals surface area contributed by atoms with Gasteiger partial charge in [0.15, 0.2) is 0 Å². The Hall–Kier alpha value is -2.07. The normalized spacial score (nSPS) is 23.6. The Balaban J connectivity index is 1.81. The van der Waals surface area contributed by atoms with Gasteiger partial charge in [0.1, 0.15) is 11.5 Å². The fraction of sp³-hybridized carbons (Fsp3) is 0.333. The van der Waals surface area contributed by atoms with Gasteiger partial charge in [-0.1, -0.05) is 24.3 Å². The van der Waals surface area contributed by atoms with E-state index in [1.807, 2.05) is 12.1 Å². The van der Waals surface area contributed by atoms with Crippen LogP contribution >= 0.6 is 11.8 Å². The van der Waals surface area contributed by atoms with Crippen molar-refractivity contribution in [2.45, 2.75) is 23.3 Å². The van der Waals surface area contributed by atoms with Crippen LogP contribution in [0.25, 0.3) is 0 Å². The summed E-state index contributed by atoms with van der Waals surface area (Å²) < 4.78 is 11.3. The third kappa shape index (κ3) is 2.69. The molecule has 1 N–H and O–H groups in total. The van der Waals surface area contributed by atoms with Crippen LogP contribution in [0.1, 0.15) is 29.5 Å². The first kappa shape index (κ1) is 16.4. The Morgan fingerprint density at radius 3 is 2.40 bits per heavy atom. The van der Waals surface area contributed by atoms with Crippen molar-refractivity contribution in [2.24, 2.45) is 5.92 Å². The second-order valence-corrected chi connectivity index (χ2v) is 7.39. The molecule has 0 spiro atoms. The molecular weight excluding hydrogens is 330 g/mol. The van der Waals surface area contributed by atoms with Gasteiger partial charge in [0.2, 0.25) is 0 Å². The van der Waals surface area contributed by atoms with Crippen molar-refractivity contribution >= 4 is 17.4 Å². The van der Waals surface area contributed by atoms with Crippen LogP contribution in [0.5, 0.6) is 11.5 Å². The number of rotatable bonds is 4. The summed E-state index contributed by atoms with van der Waals surface area (Å²) in [5, 5.41) is 3.76. The summed E-state index contributed by atoms with van der Waals surface area (Å²) in [6.45, 7) is 0. The lowest BCUT2D eigenvalue weighted by molar-refractivity contribution is 0.370. The van der Waals surface area contributed by atoms with Crippen LogP contribution in [0.15, 0.2) is 53.4 Å². The SMILES string of the molecule is COc1ccc(OC)c2c1NC(c1ccc(SC)cc1)C1CC=CC21. The van der Waals surface area contributed by atoms with Gasteiger partial charge in [-0.15, -0.1) is 11.8 Å².